The molecule has 1 amide bonds. The SMILES string of the molecule is COCCC(=O)N1CCOC(CO)C1. The van der Waals surface area contributed by atoms with Crippen molar-refractivity contribution in [2.75, 3.05) is 40.0 Å². The molecule has 1 fully saturated rings. The molecule has 1 aliphatic rings. The van der Waals surface area contributed by atoms with Gasteiger partial charge in [0.2, 0.25) is 5.91 Å². The summed E-state index contributed by atoms with van der Waals surface area (Å²) in [4.78, 5) is 13.2. The second-order valence-electron chi connectivity index (χ2n) is 3.26. The maximum atomic E-state index is 11.5. The monoisotopic (exact) mass is 203 g/mol. The van der Waals surface area contributed by atoms with E-state index in [0.29, 0.717) is 32.7 Å². The van der Waals surface area contributed by atoms with E-state index in [1.807, 2.05) is 0 Å². The Morgan fingerprint density at radius 3 is 3.14 bits per heavy atom. The van der Waals surface area contributed by atoms with E-state index in [4.69, 9.17) is 14.6 Å². The van der Waals surface area contributed by atoms with Gasteiger partial charge in [0.15, 0.2) is 0 Å². The van der Waals surface area contributed by atoms with Crippen molar-refractivity contribution in [1.29, 1.82) is 0 Å². The van der Waals surface area contributed by atoms with Gasteiger partial charge in [-0.3, -0.25) is 4.79 Å². The Labute approximate surface area is 83.6 Å². The first-order valence-electron chi connectivity index (χ1n) is 4.77. The maximum Gasteiger partial charge on any atom is 0.225 e. The highest BCUT2D eigenvalue weighted by Crippen LogP contribution is 2.06. The van der Waals surface area contributed by atoms with Crippen molar-refractivity contribution in [1.82, 2.24) is 4.90 Å². The number of hydrogen-bond acceptors (Lipinski definition) is 4. The van der Waals surface area contributed by atoms with Crippen molar-refractivity contribution < 1.29 is 19.4 Å². The van der Waals surface area contributed by atoms with Crippen LogP contribution in [0.2, 0.25) is 0 Å². The first-order chi connectivity index (χ1) is 6.77. The van der Waals surface area contributed by atoms with Gasteiger partial charge in [0.25, 0.3) is 0 Å². The van der Waals surface area contributed by atoms with Gasteiger partial charge in [0.1, 0.15) is 0 Å². The minimum Gasteiger partial charge on any atom is -0.394 e. The van der Waals surface area contributed by atoms with Crippen LogP contribution in [0.5, 0.6) is 0 Å². The number of rotatable bonds is 4. The lowest BCUT2D eigenvalue weighted by Gasteiger charge is -2.32. The quantitative estimate of drug-likeness (QED) is 0.652. The minimum atomic E-state index is -0.227. The highest BCUT2D eigenvalue weighted by molar-refractivity contribution is 5.76. The van der Waals surface area contributed by atoms with Crippen LogP contribution in [0, 0.1) is 0 Å². The van der Waals surface area contributed by atoms with Crippen LogP contribution in [-0.2, 0) is 14.3 Å². The van der Waals surface area contributed by atoms with E-state index in [0.717, 1.165) is 0 Å². The fraction of sp³-hybridized carbons (Fsp3) is 0.889. The van der Waals surface area contributed by atoms with Gasteiger partial charge in [-0.15, -0.1) is 0 Å². The van der Waals surface area contributed by atoms with Crippen molar-refractivity contribution in [2.45, 2.75) is 12.5 Å². The zero-order valence-corrected chi connectivity index (χ0v) is 8.44. The van der Waals surface area contributed by atoms with Crippen molar-refractivity contribution in [2.24, 2.45) is 0 Å². The molecule has 1 saturated heterocycles. The average Bonchev–Trinajstić information content (AvgIpc) is 2.26. The van der Waals surface area contributed by atoms with Crippen LogP contribution in [0.4, 0.5) is 0 Å². The number of aliphatic hydroxyl groups excluding tert-OH is 1. The van der Waals surface area contributed by atoms with Crippen LogP contribution in [0.1, 0.15) is 6.42 Å². The van der Waals surface area contributed by atoms with Crippen LogP contribution < -0.4 is 0 Å². The molecular formula is C9H17NO4. The van der Waals surface area contributed by atoms with E-state index >= 15 is 0 Å². The Balaban J connectivity index is 2.31. The molecule has 0 aromatic carbocycles. The Morgan fingerprint density at radius 2 is 2.50 bits per heavy atom. The van der Waals surface area contributed by atoms with E-state index < -0.39 is 0 Å². The molecule has 1 aliphatic heterocycles. The number of morpholine rings is 1. The minimum absolute atomic E-state index is 0.0337. The lowest BCUT2D eigenvalue weighted by Crippen LogP contribution is -2.47. The highest BCUT2D eigenvalue weighted by atomic mass is 16.5. The highest BCUT2D eigenvalue weighted by Gasteiger charge is 2.22. The molecule has 0 radical (unpaired) electrons. The molecule has 1 atom stereocenters. The molecule has 5 nitrogen and oxygen atoms in total. The van der Waals surface area contributed by atoms with Crippen LogP contribution in [-0.4, -0.2) is 62.0 Å². The molecule has 14 heavy (non-hydrogen) atoms. The van der Waals surface area contributed by atoms with Crippen LogP contribution >= 0.6 is 0 Å². The predicted molar refractivity (Wildman–Crippen MR) is 49.9 cm³/mol. The largest absolute Gasteiger partial charge is 0.394 e. The third-order valence-corrected chi connectivity index (χ3v) is 2.22. The number of methoxy groups -OCH3 is 1. The van der Waals surface area contributed by atoms with E-state index in [2.05, 4.69) is 0 Å². The first kappa shape index (κ1) is 11.4. The van der Waals surface area contributed by atoms with Gasteiger partial charge < -0.3 is 19.5 Å². The Bertz CT molecular complexity index is 186. The summed E-state index contributed by atoms with van der Waals surface area (Å²) in [6.07, 6.45) is 0.171. The normalized spacial score (nSPS) is 22.4. The average molecular weight is 203 g/mol. The third-order valence-electron chi connectivity index (χ3n) is 2.22. The van der Waals surface area contributed by atoms with Crippen LogP contribution in [0.25, 0.3) is 0 Å². The molecule has 0 spiro atoms. The van der Waals surface area contributed by atoms with Crippen molar-refractivity contribution in [3.8, 4) is 0 Å². The Hall–Kier alpha value is -0.650. The molecule has 1 heterocycles. The fourth-order valence-electron chi connectivity index (χ4n) is 1.40. The summed E-state index contributed by atoms with van der Waals surface area (Å²) in [5, 5.41) is 8.88. The molecule has 1 rings (SSSR count). The molecule has 1 N–H and O–H groups in total. The molecule has 0 saturated carbocycles. The molecule has 0 bridgehead atoms. The van der Waals surface area contributed by atoms with E-state index in [1.54, 1.807) is 12.0 Å². The summed E-state index contributed by atoms with van der Waals surface area (Å²) in [5.74, 6) is 0.0635. The zero-order chi connectivity index (χ0) is 10.4. The second kappa shape index (κ2) is 5.95. The molecule has 1 unspecified atom stereocenters. The number of hydrogen-bond donors (Lipinski definition) is 1. The number of aliphatic hydroxyl groups is 1. The van der Waals surface area contributed by atoms with Gasteiger partial charge in [-0.25, -0.2) is 0 Å². The smallest absolute Gasteiger partial charge is 0.225 e. The van der Waals surface area contributed by atoms with Crippen LogP contribution in [0.15, 0.2) is 0 Å². The number of carbonyl (C=O) groups is 1. The topological polar surface area (TPSA) is 59.0 Å². The van der Waals surface area contributed by atoms with Crippen molar-refractivity contribution >= 4 is 5.91 Å². The van der Waals surface area contributed by atoms with Gasteiger partial charge in [-0.05, 0) is 0 Å². The van der Waals surface area contributed by atoms with E-state index in [9.17, 15) is 4.79 Å². The summed E-state index contributed by atoms with van der Waals surface area (Å²) >= 11 is 0. The molecule has 0 aromatic rings. The third kappa shape index (κ3) is 3.25. The number of nitrogens with zero attached hydrogens (tertiary/aromatic N) is 1. The fourth-order valence-corrected chi connectivity index (χ4v) is 1.40. The summed E-state index contributed by atoms with van der Waals surface area (Å²) in [6, 6.07) is 0. The molecule has 0 aromatic heterocycles. The summed E-state index contributed by atoms with van der Waals surface area (Å²) in [6.45, 7) is 2.01. The zero-order valence-electron chi connectivity index (χ0n) is 8.44. The van der Waals surface area contributed by atoms with Gasteiger partial charge in [0.05, 0.1) is 32.3 Å². The van der Waals surface area contributed by atoms with Gasteiger partial charge in [0, 0.05) is 20.2 Å². The second-order valence-corrected chi connectivity index (χ2v) is 3.26. The Morgan fingerprint density at radius 1 is 1.71 bits per heavy atom. The summed E-state index contributed by atoms with van der Waals surface area (Å²) < 4.78 is 10.1. The number of amides is 1. The summed E-state index contributed by atoms with van der Waals surface area (Å²) in [5.41, 5.74) is 0. The number of ether oxygens (including phenoxy) is 2. The van der Waals surface area contributed by atoms with Gasteiger partial charge in [-0.1, -0.05) is 0 Å². The molecule has 5 heteroatoms. The summed E-state index contributed by atoms with van der Waals surface area (Å²) in [7, 11) is 1.57. The van der Waals surface area contributed by atoms with Crippen LogP contribution in [0.3, 0.4) is 0 Å². The van der Waals surface area contributed by atoms with Gasteiger partial charge in [-0.2, -0.15) is 0 Å². The predicted octanol–water partition coefficient (Wildman–Crippen LogP) is -0.757. The molecular weight excluding hydrogens is 186 g/mol. The van der Waals surface area contributed by atoms with Gasteiger partial charge >= 0.3 is 0 Å². The standard InChI is InChI=1S/C9H17NO4/c1-13-4-2-9(12)10-3-5-14-8(6-10)7-11/h8,11H,2-7H2,1H3. The lowest BCUT2D eigenvalue weighted by molar-refractivity contribution is -0.141. The van der Waals surface area contributed by atoms with Crippen molar-refractivity contribution in [3.05, 3.63) is 0 Å². The Kier molecular flexibility index (Phi) is 4.86. The number of carbonyl (C=O) groups excluding carboxylic acids is 1. The first-order valence-corrected chi connectivity index (χ1v) is 4.77. The van der Waals surface area contributed by atoms with E-state index in [1.165, 1.54) is 0 Å². The lowest BCUT2D eigenvalue weighted by atomic mass is 10.2. The van der Waals surface area contributed by atoms with Crippen molar-refractivity contribution in [3.63, 3.8) is 0 Å². The molecule has 0 aliphatic carbocycles. The molecule has 82 valence electrons. The maximum absolute atomic E-state index is 11.5. The van der Waals surface area contributed by atoms with E-state index in [-0.39, 0.29) is 18.6 Å².